The summed E-state index contributed by atoms with van der Waals surface area (Å²) >= 11 is 0. The molecule has 0 amide bonds. The van der Waals surface area contributed by atoms with Gasteiger partial charge in [0, 0.05) is 20.3 Å². The van der Waals surface area contributed by atoms with Gasteiger partial charge >= 0.3 is 5.69 Å². The summed E-state index contributed by atoms with van der Waals surface area (Å²) in [6.45, 7) is 3.18. The maximum absolute atomic E-state index is 10.8. The molecule has 1 rings (SSSR count). The average Bonchev–Trinajstić information content (AvgIpc) is 2.18. The normalized spacial score (nSPS) is 10.1. The monoisotopic (exact) mass is 198 g/mol. The van der Waals surface area contributed by atoms with Crippen molar-refractivity contribution in [1.82, 2.24) is 15.2 Å². The first-order valence-electron chi connectivity index (χ1n) is 4.40. The van der Waals surface area contributed by atoms with E-state index < -0.39 is 5.69 Å². The van der Waals surface area contributed by atoms with E-state index >= 15 is 0 Å². The predicted molar refractivity (Wildman–Crippen MR) is 52.4 cm³/mol. The molecule has 1 aromatic rings. The van der Waals surface area contributed by atoms with Gasteiger partial charge in [0.05, 0.1) is 0 Å². The van der Waals surface area contributed by atoms with Crippen LogP contribution in [0.1, 0.15) is 12.1 Å². The number of rotatable bonds is 5. The SMILES string of the molecule is COCCCNc1nc(=O)[nH]nc1C. The van der Waals surface area contributed by atoms with Gasteiger partial charge in [-0.15, -0.1) is 0 Å². The summed E-state index contributed by atoms with van der Waals surface area (Å²) in [5.41, 5.74) is 0.242. The molecule has 0 unspecified atom stereocenters. The summed E-state index contributed by atoms with van der Waals surface area (Å²) < 4.78 is 4.89. The molecule has 0 fully saturated rings. The molecule has 0 aliphatic rings. The van der Waals surface area contributed by atoms with E-state index in [1.165, 1.54) is 0 Å². The van der Waals surface area contributed by atoms with Gasteiger partial charge in [0.25, 0.3) is 0 Å². The Morgan fingerprint density at radius 3 is 3.07 bits per heavy atom. The summed E-state index contributed by atoms with van der Waals surface area (Å²) in [6, 6.07) is 0. The standard InChI is InChI=1S/C8H14N4O2/c1-6-7(9-4-3-5-14-2)10-8(13)12-11-6/h3-5H2,1-2H3,(H2,9,10,12,13). The number of aromatic amines is 1. The van der Waals surface area contributed by atoms with Gasteiger partial charge in [-0.1, -0.05) is 0 Å². The van der Waals surface area contributed by atoms with E-state index in [0.717, 1.165) is 6.42 Å². The second-order valence-electron chi connectivity index (χ2n) is 2.85. The van der Waals surface area contributed by atoms with E-state index in [9.17, 15) is 4.79 Å². The number of H-pyrrole nitrogens is 1. The number of nitrogens with zero attached hydrogens (tertiary/aromatic N) is 2. The van der Waals surface area contributed by atoms with Crippen LogP contribution in [0.25, 0.3) is 0 Å². The molecule has 0 saturated heterocycles. The summed E-state index contributed by atoms with van der Waals surface area (Å²) in [7, 11) is 1.65. The van der Waals surface area contributed by atoms with Crippen LogP contribution in [0.2, 0.25) is 0 Å². The topological polar surface area (TPSA) is 79.9 Å². The molecule has 0 radical (unpaired) electrons. The lowest BCUT2D eigenvalue weighted by Crippen LogP contribution is -2.18. The maximum Gasteiger partial charge on any atom is 0.363 e. The highest BCUT2D eigenvalue weighted by molar-refractivity contribution is 5.37. The molecular formula is C8H14N4O2. The molecule has 1 aromatic heterocycles. The molecule has 0 atom stereocenters. The van der Waals surface area contributed by atoms with Crippen molar-refractivity contribution in [3.63, 3.8) is 0 Å². The van der Waals surface area contributed by atoms with Crippen LogP contribution in [0.4, 0.5) is 5.82 Å². The van der Waals surface area contributed by atoms with Crippen LogP contribution in [-0.2, 0) is 4.74 Å². The highest BCUT2D eigenvalue weighted by Crippen LogP contribution is 2.02. The third-order valence-corrected chi connectivity index (χ3v) is 1.69. The molecule has 0 aromatic carbocycles. The lowest BCUT2D eigenvalue weighted by molar-refractivity contribution is 0.197. The fraction of sp³-hybridized carbons (Fsp3) is 0.625. The van der Waals surface area contributed by atoms with Gasteiger partial charge in [-0.2, -0.15) is 10.1 Å². The van der Waals surface area contributed by atoms with E-state index in [1.54, 1.807) is 14.0 Å². The fourth-order valence-corrected chi connectivity index (χ4v) is 0.983. The largest absolute Gasteiger partial charge is 0.385 e. The van der Waals surface area contributed by atoms with Crippen molar-refractivity contribution in [1.29, 1.82) is 0 Å². The van der Waals surface area contributed by atoms with Crippen molar-refractivity contribution in [2.24, 2.45) is 0 Å². The third-order valence-electron chi connectivity index (χ3n) is 1.69. The second-order valence-corrected chi connectivity index (χ2v) is 2.85. The van der Waals surface area contributed by atoms with E-state index in [2.05, 4.69) is 20.5 Å². The summed E-state index contributed by atoms with van der Waals surface area (Å²) in [6.07, 6.45) is 0.865. The molecule has 1 heterocycles. The Labute approximate surface area is 81.7 Å². The summed E-state index contributed by atoms with van der Waals surface area (Å²) in [5, 5.41) is 9.06. The Hall–Kier alpha value is -1.43. The Bertz CT molecular complexity index is 336. The first kappa shape index (κ1) is 10.6. The van der Waals surface area contributed by atoms with Crippen LogP contribution in [-0.4, -0.2) is 35.4 Å². The fourth-order valence-electron chi connectivity index (χ4n) is 0.983. The lowest BCUT2D eigenvalue weighted by atomic mass is 10.4. The van der Waals surface area contributed by atoms with Crippen molar-refractivity contribution in [2.75, 3.05) is 25.6 Å². The third kappa shape index (κ3) is 3.14. The molecule has 2 N–H and O–H groups in total. The van der Waals surface area contributed by atoms with Crippen molar-refractivity contribution >= 4 is 5.82 Å². The van der Waals surface area contributed by atoms with Crippen molar-refractivity contribution in [2.45, 2.75) is 13.3 Å². The van der Waals surface area contributed by atoms with Crippen molar-refractivity contribution in [3.8, 4) is 0 Å². The zero-order valence-electron chi connectivity index (χ0n) is 8.33. The lowest BCUT2D eigenvalue weighted by Gasteiger charge is -2.05. The highest BCUT2D eigenvalue weighted by Gasteiger charge is 2.00. The van der Waals surface area contributed by atoms with Crippen LogP contribution in [0.5, 0.6) is 0 Å². The van der Waals surface area contributed by atoms with Crippen molar-refractivity contribution < 1.29 is 4.74 Å². The molecule has 6 heteroatoms. The van der Waals surface area contributed by atoms with Gasteiger partial charge < -0.3 is 10.1 Å². The molecule has 0 aliphatic carbocycles. The van der Waals surface area contributed by atoms with E-state index in [1.807, 2.05) is 0 Å². The molecular weight excluding hydrogens is 184 g/mol. The van der Waals surface area contributed by atoms with E-state index in [0.29, 0.717) is 24.7 Å². The highest BCUT2D eigenvalue weighted by atomic mass is 16.5. The van der Waals surface area contributed by atoms with Crippen LogP contribution in [0.15, 0.2) is 4.79 Å². The maximum atomic E-state index is 10.8. The Balaban J connectivity index is 2.49. The van der Waals surface area contributed by atoms with Crippen LogP contribution in [0, 0.1) is 6.92 Å². The van der Waals surface area contributed by atoms with Crippen LogP contribution >= 0.6 is 0 Å². The Morgan fingerprint density at radius 2 is 2.36 bits per heavy atom. The second kappa shape index (κ2) is 5.33. The van der Waals surface area contributed by atoms with Gasteiger partial charge in [-0.3, -0.25) is 0 Å². The van der Waals surface area contributed by atoms with Gasteiger partial charge in [0.15, 0.2) is 5.82 Å². The molecule has 0 spiro atoms. The van der Waals surface area contributed by atoms with Gasteiger partial charge in [-0.25, -0.2) is 9.89 Å². The van der Waals surface area contributed by atoms with Gasteiger partial charge in [0.1, 0.15) is 5.69 Å². The molecule has 14 heavy (non-hydrogen) atoms. The van der Waals surface area contributed by atoms with E-state index in [4.69, 9.17) is 4.74 Å². The Kier molecular flexibility index (Phi) is 4.06. The molecule has 78 valence electrons. The zero-order valence-corrected chi connectivity index (χ0v) is 8.33. The van der Waals surface area contributed by atoms with E-state index in [-0.39, 0.29) is 0 Å². The Morgan fingerprint density at radius 1 is 1.57 bits per heavy atom. The quantitative estimate of drug-likeness (QED) is 0.647. The zero-order chi connectivity index (χ0) is 10.4. The summed E-state index contributed by atoms with van der Waals surface area (Å²) in [4.78, 5) is 14.6. The van der Waals surface area contributed by atoms with Crippen LogP contribution in [0.3, 0.4) is 0 Å². The van der Waals surface area contributed by atoms with Gasteiger partial charge in [0.2, 0.25) is 0 Å². The number of hydrogen-bond donors (Lipinski definition) is 2. The number of hydrogen-bond acceptors (Lipinski definition) is 5. The average molecular weight is 198 g/mol. The van der Waals surface area contributed by atoms with Crippen molar-refractivity contribution in [3.05, 3.63) is 16.2 Å². The first-order chi connectivity index (χ1) is 6.74. The molecule has 0 saturated carbocycles. The number of anilines is 1. The minimum absolute atomic E-state index is 0.440. The molecule has 0 bridgehead atoms. The molecule has 6 nitrogen and oxygen atoms in total. The minimum atomic E-state index is -0.440. The smallest absolute Gasteiger partial charge is 0.363 e. The number of nitrogens with one attached hydrogen (secondary N) is 2. The minimum Gasteiger partial charge on any atom is -0.385 e. The number of ether oxygens (including phenoxy) is 1. The number of aromatic nitrogens is 3. The summed E-state index contributed by atoms with van der Waals surface area (Å²) in [5.74, 6) is 0.532. The molecule has 0 aliphatic heterocycles. The van der Waals surface area contributed by atoms with Gasteiger partial charge in [-0.05, 0) is 13.3 Å². The predicted octanol–water partition coefficient (Wildman–Crippen LogP) is -0.0783. The van der Waals surface area contributed by atoms with Crippen LogP contribution < -0.4 is 11.0 Å². The number of aryl methyl sites for hydroxylation is 1. The first-order valence-corrected chi connectivity index (χ1v) is 4.40. The number of methoxy groups -OCH3 is 1.